The highest BCUT2D eigenvalue weighted by Crippen LogP contribution is 2.63. The van der Waals surface area contributed by atoms with E-state index in [1.165, 1.54) is 31.2 Å². The molecule has 3 N–H and O–H groups in total. The van der Waals surface area contributed by atoms with Gasteiger partial charge in [0, 0.05) is 19.0 Å². The summed E-state index contributed by atoms with van der Waals surface area (Å²) in [5.74, 6) is 3.71. The number of nitrogens with two attached hydrogens (primary N) is 1. The van der Waals surface area contributed by atoms with Gasteiger partial charge in [0.25, 0.3) is 0 Å². The molecule has 2 saturated carbocycles. The van der Waals surface area contributed by atoms with Gasteiger partial charge in [-0.3, -0.25) is 0 Å². The molecule has 168 valence electrons. The summed E-state index contributed by atoms with van der Waals surface area (Å²) in [5.41, 5.74) is 9.43. The Labute approximate surface area is 186 Å². The van der Waals surface area contributed by atoms with Crippen LogP contribution in [-0.4, -0.2) is 33.0 Å². The van der Waals surface area contributed by atoms with Crippen LogP contribution in [0.15, 0.2) is 30.6 Å². The number of aromatic nitrogens is 3. The van der Waals surface area contributed by atoms with E-state index < -0.39 is 0 Å². The van der Waals surface area contributed by atoms with Gasteiger partial charge in [-0.15, -0.1) is 0 Å². The third-order valence-electron chi connectivity index (χ3n) is 9.96. The number of fused-ring (bicyclic) bond motifs is 2. The predicted octanol–water partition coefficient (Wildman–Crippen LogP) is 4.02. The maximum atomic E-state index is 10.5. The van der Waals surface area contributed by atoms with Crippen LogP contribution in [0, 0.1) is 40.4 Å². The van der Waals surface area contributed by atoms with Gasteiger partial charge in [-0.2, -0.15) is 5.10 Å². The first-order valence-corrected chi connectivity index (χ1v) is 12.2. The lowest BCUT2D eigenvalue weighted by molar-refractivity contribution is -0.0689. The molecule has 7 atom stereocenters. The summed E-state index contributed by atoms with van der Waals surface area (Å²) >= 11 is 0. The summed E-state index contributed by atoms with van der Waals surface area (Å²) in [4.78, 5) is 4.47. The van der Waals surface area contributed by atoms with Crippen LogP contribution < -0.4 is 5.73 Å². The van der Waals surface area contributed by atoms with Gasteiger partial charge in [-0.1, -0.05) is 26.8 Å². The zero-order chi connectivity index (χ0) is 21.8. The van der Waals surface area contributed by atoms with E-state index in [0.29, 0.717) is 17.3 Å². The van der Waals surface area contributed by atoms with Gasteiger partial charge in [0.15, 0.2) is 5.82 Å². The highest BCUT2D eigenvalue weighted by Gasteiger charge is 2.57. The average molecular weight is 423 g/mol. The molecule has 5 heteroatoms. The fraction of sp³-hybridized carbons (Fsp3) is 0.692. The minimum absolute atomic E-state index is 0.0525. The zero-order valence-corrected chi connectivity index (χ0v) is 19.3. The summed E-state index contributed by atoms with van der Waals surface area (Å²) in [6, 6.07) is 5.92. The Morgan fingerprint density at radius 2 is 1.97 bits per heavy atom. The maximum absolute atomic E-state index is 10.5. The van der Waals surface area contributed by atoms with Crippen molar-refractivity contribution in [3.63, 3.8) is 0 Å². The molecule has 2 fully saturated rings. The maximum Gasteiger partial charge on any atom is 0.153 e. The fourth-order valence-corrected chi connectivity index (χ4v) is 7.80. The normalized spacial score (nSPS) is 39.8. The second kappa shape index (κ2) is 7.70. The summed E-state index contributed by atoms with van der Waals surface area (Å²) in [6.45, 7) is 8.40. The Morgan fingerprint density at radius 3 is 2.68 bits per heavy atom. The molecule has 0 saturated heterocycles. The second-order valence-corrected chi connectivity index (χ2v) is 11.1. The molecule has 0 spiro atoms. The van der Waals surface area contributed by atoms with Crippen molar-refractivity contribution in [2.75, 3.05) is 13.2 Å². The van der Waals surface area contributed by atoms with Gasteiger partial charge in [0.1, 0.15) is 0 Å². The SMILES string of the molecule is C[C@H]1CC[C@H]2[C@H](CN)[C@@H]([C@@]3(C)Cc4cn(-c5ccccn5)nc4C[C@@H]3CO)CC[C@]12C. The molecule has 0 aliphatic heterocycles. The number of rotatable bonds is 4. The van der Waals surface area contributed by atoms with E-state index >= 15 is 0 Å². The van der Waals surface area contributed by atoms with Crippen molar-refractivity contribution in [3.8, 4) is 5.82 Å². The Kier molecular flexibility index (Phi) is 5.25. The molecule has 0 radical (unpaired) electrons. The molecule has 0 aromatic carbocycles. The summed E-state index contributed by atoms with van der Waals surface area (Å²) < 4.78 is 1.92. The Balaban J connectivity index is 1.48. The van der Waals surface area contributed by atoms with Crippen LogP contribution in [0.3, 0.4) is 0 Å². The third-order valence-corrected chi connectivity index (χ3v) is 9.96. The van der Waals surface area contributed by atoms with Gasteiger partial charge in [0.05, 0.1) is 5.69 Å². The average Bonchev–Trinajstić information content (AvgIpc) is 3.33. The van der Waals surface area contributed by atoms with E-state index in [1.54, 1.807) is 0 Å². The van der Waals surface area contributed by atoms with Crippen molar-refractivity contribution in [1.82, 2.24) is 14.8 Å². The second-order valence-electron chi connectivity index (χ2n) is 11.1. The Hall–Kier alpha value is -1.72. The quantitative estimate of drug-likeness (QED) is 0.780. The van der Waals surface area contributed by atoms with Gasteiger partial charge in [0.2, 0.25) is 0 Å². The molecule has 0 unspecified atom stereocenters. The highest BCUT2D eigenvalue weighted by molar-refractivity contribution is 5.30. The van der Waals surface area contributed by atoms with E-state index in [0.717, 1.165) is 42.7 Å². The van der Waals surface area contributed by atoms with E-state index in [-0.39, 0.29) is 17.9 Å². The molecule has 3 aliphatic carbocycles. The first-order valence-electron chi connectivity index (χ1n) is 12.2. The monoisotopic (exact) mass is 422 g/mol. The molecule has 5 nitrogen and oxygen atoms in total. The van der Waals surface area contributed by atoms with Crippen molar-refractivity contribution in [1.29, 1.82) is 0 Å². The van der Waals surface area contributed by atoms with Crippen LogP contribution in [0.1, 0.15) is 57.7 Å². The van der Waals surface area contributed by atoms with E-state index in [4.69, 9.17) is 10.8 Å². The largest absolute Gasteiger partial charge is 0.396 e. The van der Waals surface area contributed by atoms with Crippen molar-refractivity contribution >= 4 is 0 Å². The molecule has 2 aromatic heterocycles. The summed E-state index contributed by atoms with van der Waals surface area (Å²) in [5, 5.41) is 15.3. The first-order chi connectivity index (χ1) is 14.9. The molecule has 0 amide bonds. The molecular formula is C26H38N4O. The van der Waals surface area contributed by atoms with Crippen molar-refractivity contribution < 1.29 is 5.11 Å². The highest BCUT2D eigenvalue weighted by atomic mass is 16.3. The predicted molar refractivity (Wildman–Crippen MR) is 123 cm³/mol. The number of hydrogen-bond donors (Lipinski definition) is 2. The molecular weight excluding hydrogens is 384 g/mol. The lowest BCUT2D eigenvalue weighted by Gasteiger charge is -2.56. The number of nitrogens with zero attached hydrogens (tertiary/aromatic N) is 3. The minimum Gasteiger partial charge on any atom is -0.396 e. The minimum atomic E-state index is 0.0525. The fourth-order valence-electron chi connectivity index (χ4n) is 7.80. The number of aliphatic hydroxyl groups is 1. The number of pyridine rings is 1. The Bertz CT molecular complexity index is 927. The Morgan fingerprint density at radius 1 is 1.16 bits per heavy atom. The number of aliphatic hydroxyl groups excluding tert-OH is 1. The van der Waals surface area contributed by atoms with Crippen LogP contribution in [0.4, 0.5) is 0 Å². The third kappa shape index (κ3) is 3.19. The molecule has 2 heterocycles. The smallest absolute Gasteiger partial charge is 0.153 e. The van der Waals surface area contributed by atoms with Crippen molar-refractivity contribution in [2.24, 2.45) is 46.2 Å². The van der Waals surface area contributed by atoms with Gasteiger partial charge >= 0.3 is 0 Å². The summed E-state index contributed by atoms with van der Waals surface area (Å²) in [7, 11) is 0. The van der Waals surface area contributed by atoms with Crippen LogP contribution in [0.25, 0.3) is 5.82 Å². The van der Waals surface area contributed by atoms with E-state index in [2.05, 4.69) is 32.0 Å². The van der Waals surface area contributed by atoms with Gasteiger partial charge in [-0.25, -0.2) is 9.67 Å². The van der Waals surface area contributed by atoms with Crippen molar-refractivity contribution in [3.05, 3.63) is 41.9 Å². The molecule has 2 aromatic rings. The lowest BCUT2D eigenvalue weighted by Crippen LogP contribution is -2.53. The van der Waals surface area contributed by atoms with E-state index in [1.807, 2.05) is 29.1 Å². The zero-order valence-electron chi connectivity index (χ0n) is 19.3. The van der Waals surface area contributed by atoms with Crippen molar-refractivity contribution in [2.45, 2.75) is 59.3 Å². The van der Waals surface area contributed by atoms with Crippen LogP contribution in [0.2, 0.25) is 0 Å². The van der Waals surface area contributed by atoms with Gasteiger partial charge in [-0.05, 0) is 103 Å². The topological polar surface area (TPSA) is 77.0 Å². The molecule has 5 rings (SSSR count). The molecule has 3 aliphatic rings. The number of hydrogen-bond acceptors (Lipinski definition) is 4. The van der Waals surface area contributed by atoms with Crippen LogP contribution >= 0.6 is 0 Å². The van der Waals surface area contributed by atoms with Crippen LogP contribution in [-0.2, 0) is 12.8 Å². The molecule has 31 heavy (non-hydrogen) atoms. The first kappa shape index (κ1) is 21.1. The van der Waals surface area contributed by atoms with Gasteiger partial charge < -0.3 is 10.8 Å². The molecule has 0 bridgehead atoms. The van der Waals surface area contributed by atoms with E-state index in [9.17, 15) is 5.11 Å². The standard InChI is InChI=1S/C26H38N4O/c1-17-7-8-21-20(14-27)22(9-10-25(17,21)2)26(3)13-18-15-30(24-6-4-5-11-28-24)29-23(18)12-19(26)16-31/h4-6,11,15,17,19-22,31H,7-10,12-14,16,27H2,1-3H3/t17-,19+,20-,21-,22-,25+,26-/m0/s1. The van der Waals surface area contributed by atoms with Crippen LogP contribution in [0.5, 0.6) is 0 Å². The lowest BCUT2D eigenvalue weighted by atomic mass is 9.49. The summed E-state index contributed by atoms with van der Waals surface area (Å²) in [6.07, 6.45) is 11.0.